The van der Waals surface area contributed by atoms with Crippen molar-refractivity contribution in [3.8, 4) is 11.4 Å². The monoisotopic (exact) mass is 359 g/mol. The topological polar surface area (TPSA) is 72.7 Å². The van der Waals surface area contributed by atoms with Crippen molar-refractivity contribution < 1.29 is 4.79 Å². The number of halogens is 1. The van der Waals surface area contributed by atoms with Crippen LogP contribution in [-0.4, -0.2) is 32.4 Å². The Labute approximate surface area is 148 Å². The third-order valence-corrected chi connectivity index (χ3v) is 4.27. The van der Waals surface area contributed by atoms with Crippen LogP contribution in [0.2, 0.25) is 5.02 Å². The Morgan fingerprint density at radius 1 is 1.21 bits per heavy atom. The smallest absolute Gasteiger partial charge is 0.248 e. The van der Waals surface area contributed by atoms with Crippen LogP contribution in [0.15, 0.2) is 53.4 Å². The zero-order valence-corrected chi connectivity index (χ0v) is 14.4. The quantitative estimate of drug-likeness (QED) is 0.707. The van der Waals surface area contributed by atoms with E-state index in [2.05, 4.69) is 20.7 Å². The molecule has 1 N–H and O–H groups in total. The maximum absolute atomic E-state index is 12.2. The molecule has 0 aliphatic carbocycles. The van der Waals surface area contributed by atoms with Gasteiger partial charge in [0.25, 0.3) is 0 Å². The van der Waals surface area contributed by atoms with Crippen molar-refractivity contribution >= 4 is 35.0 Å². The van der Waals surface area contributed by atoms with Crippen LogP contribution in [0.5, 0.6) is 0 Å². The van der Waals surface area contributed by atoms with Gasteiger partial charge in [-0.1, -0.05) is 23.7 Å². The number of amides is 1. The molecule has 1 amide bonds. The number of para-hydroxylation sites is 1. The van der Waals surface area contributed by atoms with Crippen LogP contribution in [0.3, 0.4) is 0 Å². The van der Waals surface area contributed by atoms with Crippen LogP contribution in [0.1, 0.15) is 0 Å². The fraction of sp³-hybridized carbons (Fsp3) is 0.125. The van der Waals surface area contributed by atoms with Crippen LogP contribution < -0.4 is 5.32 Å². The highest BCUT2D eigenvalue weighted by Gasteiger charge is 2.11. The molecule has 122 valence electrons. The zero-order valence-electron chi connectivity index (χ0n) is 12.8. The largest absolute Gasteiger partial charge is 0.323 e. The van der Waals surface area contributed by atoms with E-state index >= 15 is 0 Å². The molecule has 1 heterocycles. The van der Waals surface area contributed by atoms with Gasteiger partial charge in [-0.3, -0.25) is 4.79 Å². The van der Waals surface area contributed by atoms with E-state index in [1.165, 1.54) is 4.80 Å². The molecule has 8 heteroatoms. The standard InChI is InChI=1S/C16H14ClN5OS/c1-24-14-5-3-2-4-13(14)18-15(23)10-22-20-16(19-21-22)11-6-8-12(17)9-7-11/h2-9H,10H2,1H3,(H,18,23). The van der Waals surface area contributed by atoms with Crippen molar-refractivity contribution in [1.82, 2.24) is 20.2 Å². The number of nitrogens with zero attached hydrogens (tertiary/aromatic N) is 4. The van der Waals surface area contributed by atoms with Gasteiger partial charge in [0.05, 0.1) is 5.69 Å². The number of hydrogen-bond donors (Lipinski definition) is 1. The van der Waals surface area contributed by atoms with E-state index < -0.39 is 0 Å². The summed E-state index contributed by atoms with van der Waals surface area (Å²) in [5.41, 5.74) is 1.56. The molecular weight excluding hydrogens is 346 g/mol. The maximum atomic E-state index is 12.2. The lowest BCUT2D eigenvalue weighted by Crippen LogP contribution is -2.20. The Kier molecular flexibility index (Phi) is 5.12. The van der Waals surface area contributed by atoms with E-state index in [1.54, 1.807) is 36.0 Å². The minimum absolute atomic E-state index is 0.0106. The van der Waals surface area contributed by atoms with Crippen molar-refractivity contribution in [2.75, 3.05) is 11.6 Å². The van der Waals surface area contributed by atoms with Crippen molar-refractivity contribution in [3.63, 3.8) is 0 Å². The van der Waals surface area contributed by atoms with E-state index in [0.29, 0.717) is 10.8 Å². The van der Waals surface area contributed by atoms with Gasteiger partial charge in [0.15, 0.2) is 0 Å². The lowest BCUT2D eigenvalue weighted by molar-refractivity contribution is -0.117. The van der Waals surface area contributed by atoms with Crippen molar-refractivity contribution in [2.45, 2.75) is 11.4 Å². The Balaban J connectivity index is 1.68. The molecule has 3 rings (SSSR count). The van der Waals surface area contributed by atoms with Crippen LogP contribution in [0.4, 0.5) is 5.69 Å². The zero-order chi connectivity index (χ0) is 16.9. The Morgan fingerprint density at radius 3 is 2.71 bits per heavy atom. The van der Waals surface area contributed by atoms with Crippen LogP contribution >= 0.6 is 23.4 Å². The summed E-state index contributed by atoms with van der Waals surface area (Å²) in [4.78, 5) is 14.4. The summed E-state index contributed by atoms with van der Waals surface area (Å²) in [7, 11) is 0. The van der Waals surface area contributed by atoms with Gasteiger partial charge in [-0.15, -0.1) is 22.0 Å². The van der Waals surface area contributed by atoms with Gasteiger partial charge in [0.1, 0.15) is 6.54 Å². The van der Waals surface area contributed by atoms with Crippen LogP contribution in [-0.2, 0) is 11.3 Å². The number of benzene rings is 2. The highest BCUT2D eigenvalue weighted by molar-refractivity contribution is 7.98. The molecule has 24 heavy (non-hydrogen) atoms. The molecule has 0 unspecified atom stereocenters. The third-order valence-electron chi connectivity index (χ3n) is 3.22. The number of aromatic nitrogens is 4. The highest BCUT2D eigenvalue weighted by atomic mass is 35.5. The molecule has 0 atom stereocenters. The van der Waals surface area contributed by atoms with Gasteiger partial charge in [0.2, 0.25) is 11.7 Å². The van der Waals surface area contributed by atoms with E-state index in [-0.39, 0.29) is 12.5 Å². The summed E-state index contributed by atoms with van der Waals surface area (Å²) >= 11 is 7.43. The minimum atomic E-state index is -0.212. The summed E-state index contributed by atoms with van der Waals surface area (Å²) in [6.07, 6.45) is 1.96. The minimum Gasteiger partial charge on any atom is -0.323 e. The summed E-state index contributed by atoms with van der Waals surface area (Å²) in [6, 6.07) is 14.7. The number of anilines is 1. The molecule has 0 aliphatic rings. The summed E-state index contributed by atoms with van der Waals surface area (Å²) < 4.78 is 0. The molecule has 1 aromatic heterocycles. The predicted molar refractivity (Wildman–Crippen MR) is 95.1 cm³/mol. The average molecular weight is 360 g/mol. The second-order valence-electron chi connectivity index (χ2n) is 4.90. The van der Waals surface area contributed by atoms with Crippen molar-refractivity contribution in [1.29, 1.82) is 0 Å². The number of nitrogens with one attached hydrogen (secondary N) is 1. The molecule has 0 saturated carbocycles. The number of thioether (sulfide) groups is 1. The van der Waals surface area contributed by atoms with Crippen LogP contribution in [0.25, 0.3) is 11.4 Å². The number of carbonyl (C=O) groups excluding carboxylic acids is 1. The van der Waals surface area contributed by atoms with E-state index in [9.17, 15) is 4.79 Å². The third kappa shape index (κ3) is 3.93. The van der Waals surface area contributed by atoms with Crippen molar-refractivity contribution in [3.05, 3.63) is 53.6 Å². The lowest BCUT2D eigenvalue weighted by atomic mass is 10.2. The first kappa shape index (κ1) is 16.5. The van der Waals surface area contributed by atoms with E-state index in [0.717, 1.165) is 16.1 Å². The number of hydrogen-bond acceptors (Lipinski definition) is 5. The molecule has 0 radical (unpaired) electrons. The predicted octanol–water partition coefficient (Wildman–Crippen LogP) is 3.35. The summed E-state index contributed by atoms with van der Waals surface area (Å²) in [6.45, 7) is -0.0106. The lowest BCUT2D eigenvalue weighted by Gasteiger charge is -2.08. The fourth-order valence-corrected chi connectivity index (χ4v) is 2.77. The molecular formula is C16H14ClN5OS. The first-order valence-corrected chi connectivity index (χ1v) is 8.72. The second-order valence-corrected chi connectivity index (χ2v) is 6.18. The molecule has 6 nitrogen and oxygen atoms in total. The SMILES string of the molecule is CSc1ccccc1NC(=O)Cn1nnc(-c2ccc(Cl)cc2)n1. The van der Waals surface area contributed by atoms with Gasteiger partial charge in [0, 0.05) is 15.5 Å². The number of carbonyl (C=O) groups is 1. The summed E-state index contributed by atoms with van der Waals surface area (Å²) in [5, 5.41) is 15.6. The Morgan fingerprint density at radius 2 is 1.96 bits per heavy atom. The summed E-state index contributed by atoms with van der Waals surface area (Å²) in [5.74, 6) is 0.237. The number of tetrazole rings is 1. The average Bonchev–Trinajstić information content (AvgIpc) is 3.04. The molecule has 0 saturated heterocycles. The molecule has 2 aromatic carbocycles. The first-order valence-electron chi connectivity index (χ1n) is 7.12. The molecule has 0 spiro atoms. The fourth-order valence-electron chi connectivity index (χ4n) is 2.09. The Bertz CT molecular complexity index is 850. The molecule has 0 fully saturated rings. The van der Waals surface area contributed by atoms with Gasteiger partial charge >= 0.3 is 0 Å². The molecule has 3 aromatic rings. The van der Waals surface area contributed by atoms with E-state index in [4.69, 9.17) is 11.6 Å². The van der Waals surface area contributed by atoms with Crippen molar-refractivity contribution in [2.24, 2.45) is 0 Å². The normalized spacial score (nSPS) is 10.6. The van der Waals surface area contributed by atoms with Gasteiger partial charge < -0.3 is 5.32 Å². The molecule has 0 bridgehead atoms. The van der Waals surface area contributed by atoms with Crippen LogP contribution in [0, 0.1) is 0 Å². The molecule has 0 aliphatic heterocycles. The maximum Gasteiger partial charge on any atom is 0.248 e. The van der Waals surface area contributed by atoms with Gasteiger partial charge in [-0.2, -0.15) is 4.80 Å². The van der Waals surface area contributed by atoms with E-state index in [1.807, 2.05) is 30.5 Å². The first-order chi connectivity index (χ1) is 11.7. The second kappa shape index (κ2) is 7.46. The Hall–Kier alpha value is -2.38. The van der Waals surface area contributed by atoms with Gasteiger partial charge in [-0.25, -0.2) is 0 Å². The van der Waals surface area contributed by atoms with Gasteiger partial charge in [-0.05, 0) is 47.9 Å². The highest BCUT2D eigenvalue weighted by Crippen LogP contribution is 2.24. The number of rotatable bonds is 5.